The molecule has 2 aromatic carbocycles. The average Bonchev–Trinajstić information content (AvgIpc) is 2.48. The van der Waals surface area contributed by atoms with Crippen LogP contribution in [0.5, 0.6) is 0 Å². The van der Waals surface area contributed by atoms with Gasteiger partial charge in [0.25, 0.3) is 0 Å². The van der Waals surface area contributed by atoms with Crippen molar-refractivity contribution in [2.75, 3.05) is 13.1 Å². The Morgan fingerprint density at radius 2 is 1.65 bits per heavy atom. The van der Waals surface area contributed by atoms with E-state index < -0.39 is 0 Å². The van der Waals surface area contributed by atoms with Crippen LogP contribution in [0.15, 0.2) is 54.6 Å². The highest BCUT2D eigenvalue weighted by Crippen LogP contribution is 2.37. The Morgan fingerprint density at radius 3 is 2.40 bits per heavy atom. The molecule has 0 amide bonds. The summed E-state index contributed by atoms with van der Waals surface area (Å²) in [4.78, 5) is 0. The second kappa shape index (κ2) is 7.12. The Labute approximate surface area is 131 Å². The molecule has 0 aliphatic carbocycles. The molecule has 2 atom stereocenters. The van der Waals surface area contributed by atoms with Gasteiger partial charge in [-0.1, -0.05) is 54.1 Å². The predicted octanol–water partition coefficient (Wildman–Crippen LogP) is 4.62. The number of hydrogen-bond acceptors (Lipinski definition) is 1. The molecule has 1 nitrogen and oxygen atoms in total. The van der Waals surface area contributed by atoms with Crippen molar-refractivity contribution in [1.82, 2.24) is 5.32 Å². The van der Waals surface area contributed by atoms with E-state index >= 15 is 0 Å². The minimum atomic E-state index is 0. The molecule has 1 fully saturated rings. The molecule has 1 N–H and O–H groups in total. The van der Waals surface area contributed by atoms with E-state index in [-0.39, 0.29) is 12.4 Å². The predicted molar refractivity (Wildman–Crippen MR) is 88.1 cm³/mol. The number of rotatable bonds is 2. The lowest BCUT2D eigenvalue weighted by Gasteiger charge is -2.33. The van der Waals surface area contributed by atoms with Gasteiger partial charge in [-0.25, -0.2) is 0 Å². The third-order valence-corrected chi connectivity index (χ3v) is 4.22. The van der Waals surface area contributed by atoms with Gasteiger partial charge in [-0.2, -0.15) is 0 Å². The molecule has 3 heteroatoms. The summed E-state index contributed by atoms with van der Waals surface area (Å²) < 4.78 is 0. The molecule has 0 radical (unpaired) electrons. The zero-order chi connectivity index (χ0) is 13.1. The van der Waals surface area contributed by atoms with E-state index in [1.807, 2.05) is 12.1 Å². The van der Waals surface area contributed by atoms with Crippen LogP contribution in [0.3, 0.4) is 0 Å². The van der Waals surface area contributed by atoms with Gasteiger partial charge in [0.1, 0.15) is 0 Å². The molecule has 2 unspecified atom stereocenters. The molecule has 1 saturated heterocycles. The molecular formula is C17H19Cl2N. The maximum atomic E-state index is 6.14. The molecule has 0 saturated carbocycles. The highest BCUT2D eigenvalue weighted by Gasteiger charge is 2.27. The molecule has 1 aliphatic heterocycles. The molecule has 1 aliphatic rings. The van der Waals surface area contributed by atoms with E-state index in [1.165, 1.54) is 17.5 Å². The Bertz CT molecular complexity index is 542. The van der Waals surface area contributed by atoms with Gasteiger partial charge in [-0.3, -0.25) is 0 Å². The lowest BCUT2D eigenvalue weighted by molar-refractivity contribution is 0.404. The summed E-state index contributed by atoms with van der Waals surface area (Å²) in [5.74, 6) is 1.09. The molecule has 0 aromatic heterocycles. The quantitative estimate of drug-likeness (QED) is 0.853. The second-order valence-corrected chi connectivity index (χ2v) is 5.61. The maximum Gasteiger partial charge on any atom is 0.0408 e. The van der Waals surface area contributed by atoms with Crippen molar-refractivity contribution in [3.05, 3.63) is 70.7 Å². The van der Waals surface area contributed by atoms with Crippen molar-refractivity contribution < 1.29 is 0 Å². The third-order valence-electron chi connectivity index (χ3n) is 3.99. The van der Waals surface area contributed by atoms with Crippen LogP contribution in [0.1, 0.15) is 29.4 Å². The third kappa shape index (κ3) is 3.35. The van der Waals surface area contributed by atoms with Gasteiger partial charge in [0, 0.05) is 17.5 Å². The smallest absolute Gasteiger partial charge is 0.0408 e. The van der Waals surface area contributed by atoms with E-state index in [4.69, 9.17) is 11.6 Å². The van der Waals surface area contributed by atoms with Gasteiger partial charge in [-0.05, 0) is 42.1 Å². The topological polar surface area (TPSA) is 12.0 Å². The van der Waals surface area contributed by atoms with Crippen LogP contribution in [0.4, 0.5) is 0 Å². The van der Waals surface area contributed by atoms with Crippen molar-refractivity contribution in [3.63, 3.8) is 0 Å². The van der Waals surface area contributed by atoms with Crippen molar-refractivity contribution in [2.24, 2.45) is 0 Å². The van der Waals surface area contributed by atoms with E-state index in [0.29, 0.717) is 11.8 Å². The highest BCUT2D eigenvalue weighted by molar-refractivity contribution is 6.30. The van der Waals surface area contributed by atoms with Crippen molar-refractivity contribution in [2.45, 2.75) is 18.3 Å². The average molecular weight is 308 g/mol. The number of piperidine rings is 1. The van der Waals surface area contributed by atoms with Gasteiger partial charge < -0.3 is 5.32 Å². The molecule has 20 heavy (non-hydrogen) atoms. The van der Waals surface area contributed by atoms with Gasteiger partial charge in [0.2, 0.25) is 0 Å². The van der Waals surface area contributed by atoms with Crippen molar-refractivity contribution >= 4 is 24.0 Å². The van der Waals surface area contributed by atoms with Gasteiger partial charge in [0.05, 0.1) is 0 Å². The molecule has 106 valence electrons. The number of benzene rings is 2. The monoisotopic (exact) mass is 307 g/mol. The van der Waals surface area contributed by atoms with Gasteiger partial charge in [-0.15, -0.1) is 12.4 Å². The van der Waals surface area contributed by atoms with E-state index in [2.05, 4.69) is 47.8 Å². The standard InChI is InChI=1S/C17H18ClN.ClH/c18-15-8-4-7-14(11-15)17-12-19-10-9-16(17)13-5-2-1-3-6-13;/h1-8,11,16-17,19H,9-10,12H2;1H. The van der Waals surface area contributed by atoms with Crippen LogP contribution in [0, 0.1) is 0 Å². The molecular weight excluding hydrogens is 289 g/mol. The minimum Gasteiger partial charge on any atom is -0.316 e. The van der Waals surface area contributed by atoms with Crippen LogP contribution >= 0.6 is 24.0 Å². The molecule has 3 rings (SSSR count). The zero-order valence-corrected chi connectivity index (χ0v) is 12.8. The Kier molecular flexibility index (Phi) is 5.47. The van der Waals surface area contributed by atoms with Crippen LogP contribution < -0.4 is 5.32 Å². The first kappa shape index (κ1) is 15.4. The van der Waals surface area contributed by atoms with Crippen LogP contribution in [-0.2, 0) is 0 Å². The minimum absolute atomic E-state index is 0. The zero-order valence-electron chi connectivity index (χ0n) is 11.3. The lowest BCUT2D eigenvalue weighted by atomic mass is 9.77. The highest BCUT2D eigenvalue weighted by atomic mass is 35.5. The van der Waals surface area contributed by atoms with Crippen molar-refractivity contribution in [3.8, 4) is 0 Å². The fourth-order valence-corrected chi connectivity index (χ4v) is 3.24. The first-order valence-corrected chi connectivity index (χ1v) is 7.23. The van der Waals surface area contributed by atoms with E-state index in [0.717, 1.165) is 18.1 Å². The molecule has 1 heterocycles. The first-order valence-electron chi connectivity index (χ1n) is 6.86. The SMILES string of the molecule is Cl.Clc1cccc(C2CNCCC2c2ccccc2)c1. The summed E-state index contributed by atoms with van der Waals surface area (Å²) >= 11 is 6.14. The summed E-state index contributed by atoms with van der Waals surface area (Å²) in [6.45, 7) is 2.12. The van der Waals surface area contributed by atoms with Crippen molar-refractivity contribution in [1.29, 1.82) is 0 Å². The maximum absolute atomic E-state index is 6.14. The molecule has 0 bridgehead atoms. The van der Waals surface area contributed by atoms with E-state index in [9.17, 15) is 0 Å². The summed E-state index contributed by atoms with van der Waals surface area (Å²) in [6, 6.07) is 19.1. The normalized spacial score (nSPS) is 22.1. The first-order chi connectivity index (χ1) is 9.34. The Balaban J connectivity index is 0.00000147. The van der Waals surface area contributed by atoms with Gasteiger partial charge >= 0.3 is 0 Å². The summed E-state index contributed by atoms with van der Waals surface area (Å²) in [5.41, 5.74) is 2.78. The molecule has 0 spiro atoms. The molecule has 2 aromatic rings. The number of hydrogen-bond donors (Lipinski definition) is 1. The van der Waals surface area contributed by atoms with E-state index in [1.54, 1.807) is 0 Å². The Morgan fingerprint density at radius 1 is 0.900 bits per heavy atom. The fourth-order valence-electron chi connectivity index (χ4n) is 3.05. The summed E-state index contributed by atoms with van der Waals surface area (Å²) in [7, 11) is 0. The fraction of sp³-hybridized carbons (Fsp3) is 0.294. The van der Waals surface area contributed by atoms with Crippen LogP contribution in [0.2, 0.25) is 5.02 Å². The van der Waals surface area contributed by atoms with Crippen LogP contribution in [0.25, 0.3) is 0 Å². The van der Waals surface area contributed by atoms with Crippen LogP contribution in [-0.4, -0.2) is 13.1 Å². The lowest BCUT2D eigenvalue weighted by Crippen LogP contribution is -2.34. The summed E-state index contributed by atoms with van der Waals surface area (Å²) in [6.07, 6.45) is 1.18. The van der Waals surface area contributed by atoms with Gasteiger partial charge in [0.15, 0.2) is 0 Å². The summed E-state index contributed by atoms with van der Waals surface area (Å²) in [5, 5.41) is 4.34. The Hall–Kier alpha value is -1.02. The number of halogens is 2. The number of nitrogens with one attached hydrogen (secondary N) is 1. The second-order valence-electron chi connectivity index (χ2n) is 5.17. The largest absolute Gasteiger partial charge is 0.316 e.